The van der Waals surface area contributed by atoms with Crippen LogP contribution in [0.4, 0.5) is 0 Å². The van der Waals surface area contributed by atoms with E-state index in [1.165, 1.54) is 89.5 Å². The zero-order valence-electron chi connectivity index (χ0n) is 35.7. The molecule has 8 unspecified atom stereocenters. The van der Waals surface area contributed by atoms with Crippen LogP contribution in [0.25, 0.3) is 0 Å². The summed E-state index contributed by atoms with van der Waals surface area (Å²) in [6.07, 6.45) is 24.0. The number of unbranched alkanes of at least 4 members (excludes halogenated alkanes) is 19. The Labute approximate surface area is 349 Å². The molecule has 340 valence electrons. The van der Waals surface area contributed by atoms with E-state index in [2.05, 4.69) is 43.5 Å². The third-order valence-corrected chi connectivity index (χ3v) is 11.7. The number of aliphatic hydroxyl groups excluding tert-OH is 7. The van der Waals surface area contributed by atoms with Gasteiger partial charge in [0.25, 0.3) is 0 Å². The molecule has 0 bridgehead atoms. The number of aliphatic hydroxyl groups is 7. The quantitative estimate of drug-likeness (QED) is 0.0177. The monoisotopic (exact) mass is 848 g/mol. The van der Waals surface area contributed by atoms with Crippen molar-refractivity contribution < 1.29 is 59.0 Å². The topological polar surface area (TPSA) is 226 Å². The summed E-state index contributed by atoms with van der Waals surface area (Å²) in [5.74, 6) is -0.597. The average Bonchev–Trinajstić information content (AvgIpc) is 3.19. The first-order chi connectivity index (χ1) is 27.8. The van der Waals surface area contributed by atoms with Crippen molar-refractivity contribution in [2.75, 3.05) is 6.61 Å². The highest BCUT2D eigenvalue weighted by atomic mass is 31.2. The molecule has 0 aromatic rings. The van der Waals surface area contributed by atoms with Gasteiger partial charge in [0.1, 0.15) is 36.6 Å². The number of carbonyl (C=O) groups excluding carboxylic acids is 1. The number of hydrogen-bond donors (Lipinski definition) is 9. The Kier molecular flexibility index (Phi) is 32.1. The minimum atomic E-state index is -5.13. The summed E-state index contributed by atoms with van der Waals surface area (Å²) < 4.78 is 22.8. The van der Waals surface area contributed by atoms with E-state index in [1.54, 1.807) is 6.08 Å². The predicted molar refractivity (Wildman–Crippen MR) is 229 cm³/mol. The second kappa shape index (κ2) is 34.1. The molecule has 0 radical (unpaired) electrons. The van der Waals surface area contributed by atoms with Gasteiger partial charge < -0.3 is 46.0 Å². The fraction of sp³-hybridized carbons (Fsp3) is 0.841. The Balaban J connectivity index is 2.46. The van der Waals surface area contributed by atoms with E-state index in [-0.39, 0.29) is 6.42 Å². The van der Waals surface area contributed by atoms with E-state index >= 15 is 0 Å². The van der Waals surface area contributed by atoms with Crippen molar-refractivity contribution in [2.24, 2.45) is 0 Å². The van der Waals surface area contributed by atoms with Gasteiger partial charge in [-0.3, -0.25) is 13.8 Å². The van der Waals surface area contributed by atoms with Gasteiger partial charge in [-0.1, -0.05) is 159 Å². The van der Waals surface area contributed by atoms with Crippen molar-refractivity contribution in [1.82, 2.24) is 5.32 Å². The highest BCUT2D eigenvalue weighted by Gasteiger charge is 2.51. The summed E-state index contributed by atoms with van der Waals surface area (Å²) in [5.41, 5.74) is 0. The molecule has 0 aromatic carbocycles. The van der Waals surface area contributed by atoms with Gasteiger partial charge in [-0.25, -0.2) is 4.57 Å². The lowest BCUT2D eigenvalue weighted by Crippen LogP contribution is -2.64. The number of allylic oxidation sites excluding steroid dienone is 5. The zero-order valence-corrected chi connectivity index (χ0v) is 36.6. The van der Waals surface area contributed by atoms with Crippen LogP contribution in [0.5, 0.6) is 0 Å². The highest BCUT2D eigenvalue weighted by Crippen LogP contribution is 2.47. The smallest absolute Gasteiger partial charge is 0.393 e. The van der Waals surface area contributed by atoms with Crippen molar-refractivity contribution >= 4 is 13.7 Å². The molecule has 14 heteroatoms. The van der Waals surface area contributed by atoms with Crippen LogP contribution in [-0.4, -0.2) is 108 Å². The fourth-order valence-electron chi connectivity index (χ4n) is 7.04. The molecule has 1 saturated carbocycles. The summed E-state index contributed by atoms with van der Waals surface area (Å²) in [4.78, 5) is 23.3. The number of rotatable bonds is 36. The molecule has 1 amide bonds. The van der Waals surface area contributed by atoms with Gasteiger partial charge in [-0.15, -0.1) is 0 Å². The Morgan fingerprint density at radius 3 is 1.64 bits per heavy atom. The fourth-order valence-corrected chi connectivity index (χ4v) is 8.01. The van der Waals surface area contributed by atoms with E-state index in [9.17, 15) is 50.0 Å². The van der Waals surface area contributed by atoms with E-state index in [0.717, 1.165) is 57.8 Å². The van der Waals surface area contributed by atoms with Crippen LogP contribution < -0.4 is 5.32 Å². The van der Waals surface area contributed by atoms with Gasteiger partial charge in [0.2, 0.25) is 5.91 Å². The van der Waals surface area contributed by atoms with Crippen LogP contribution in [0.15, 0.2) is 36.5 Å². The molecule has 1 aliphatic carbocycles. The summed E-state index contributed by atoms with van der Waals surface area (Å²) in [6.45, 7) is 3.58. The number of amides is 1. The van der Waals surface area contributed by atoms with Gasteiger partial charge in [-0.05, 0) is 44.9 Å². The second-order valence-corrected chi connectivity index (χ2v) is 17.5. The van der Waals surface area contributed by atoms with Gasteiger partial charge in [0.05, 0.1) is 31.3 Å². The standard InChI is InChI=1S/C44H82NO12P/c1-3-5-7-9-11-13-14-15-16-17-18-19-20-21-22-24-25-27-29-31-35(46)33-38(48)45-36(37(47)32-30-28-26-23-12-10-8-6-4-2)34-56-58(54,55)57-44-42(52)40(50)39(49)41(51)43(44)53/h5,7,11,13,30,32,35-37,39-44,46-47,49-53H,3-4,6,8-10,12,14-29,31,33-34H2,1-2H3,(H,45,48)(H,54,55)/b7-5-,13-11-,32-30+. The maximum absolute atomic E-state index is 12.9. The van der Waals surface area contributed by atoms with Crippen molar-refractivity contribution in [3.63, 3.8) is 0 Å². The van der Waals surface area contributed by atoms with Gasteiger partial charge in [0.15, 0.2) is 0 Å². The van der Waals surface area contributed by atoms with Crippen molar-refractivity contribution in [3.05, 3.63) is 36.5 Å². The number of phosphoric ester groups is 1. The lowest BCUT2D eigenvalue weighted by Gasteiger charge is -2.41. The van der Waals surface area contributed by atoms with Gasteiger partial charge >= 0.3 is 7.82 Å². The van der Waals surface area contributed by atoms with Crippen LogP contribution in [-0.2, 0) is 18.4 Å². The van der Waals surface area contributed by atoms with E-state index in [1.807, 2.05) is 0 Å². The number of phosphoric acid groups is 1. The minimum Gasteiger partial charge on any atom is -0.393 e. The first-order valence-corrected chi connectivity index (χ1v) is 24.0. The molecule has 1 aliphatic rings. The zero-order chi connectivity index (χ0) is 43.0. The largest absolute Gasteiger partial charge is 0.472 e. The average molecular weight is 848 g/mol. The molecule has 0 aromatic heterocycles. The van der Waals surface area contributed by atoms with Gasteiger partial charge in [-0.2, -0.15) is 0 Å². The predicted octanol–water partition coefficient (Wildman–Crippen LogP) is 6.97. The van der Waals surface area contributed by atoms with Crippen LogP contribution in [0.3, 0.4) is 0 Å². The Hall–Kier alpha value is -1.48. The van der Waals surface area contributed by atoms with Crippen molar-refractivity contribution in [1.29, 1.82) is 0 Å². The summed E-state index contributed by atoms with van der Waals surface area (Å²) in [5, 5.41) is 74.2. The van der Waals surface area contributed by atoms with Crippen molar-refractivity contribution in [3.8, 4) is 0 Å². The van der Waals surface area contributed by atoms with E-state index < -0.39 is 75.2 Å². The molecule has 0 heterocycles. The maximum atomic E-state index is 12.9. The van der Waals surface area contributed by atoms with E-state index in [0.29, 0.717) is 12.8 Å². The number of hydrogen-bond acceptors (Lipinski definition) is 11. The molecule has 13 nitrogen and oxygen atoms in total. The number of nitrogens with one attached hydrogen (secondary N) is 1. The lowest BCUT2D eigenvalue weighted by molar-refractivity contribution is -0.220. The molecule has 0 saturated heterocycles. The summed E-state index contributed by atoms with van der Waals surface area (Å²) >= 11 is 0. The van der Waals surface area contributed by atoms with Crippen LogP contribution >= 0.6 is 7.82 Å². The van der Waals surface area contributed by atoms with Gasteiger partial charge in [0, 0.05) is 0 Å². The Morgan fingerprint density at radius 1 is 0.638 bits per heavy atom. The normalized spacial score (nSPS) is 24.1. The third-order valence-electron chi connectivity index (χ3n) is 10.7. The van der Waals surface area contributed by atoms with Crippen LogP contribution in [0, 0.1) is 0 Å². The highest BCUT2D eigenvalue weighted by molar-refractivity contribution is 7.47. The molecular formula is C44H82NO12P. The first-order valence-electron chi connectivity index (χ1n) is 22.5. The van der Waals surface area contributed by atoms with Crippen LogP contribution in [0.2, 0.25) is 0 Å². The molecule has 0 spiro atoms. The molecule has 58 heavy (non-hydrogen) atoms. The summed E-state index contributed by atoms with van der Waals surface area (Å²) in [6, 6.07) is -1.24. The number of carbonyl (C=O) groups is 1. The minimum absolute atomic E-state index is 0.246. The van der Waals surface area contributed by atoms with Crippen molar-refractivity contribution in [2.45, 2.75) is 229 Å². The van der Waals surface area contributed by atoms with E-state index in [4.69, 9.17) is 9.05 Å². The maximum Gasteiger partial charge on any atom is 0.472 e. The molecular weight excluding hydrogens is 765 g/mol. The molecule has 1 fully saturated rings. The first kappa shape index (κ1) is 54.5. The third kappa shape index (κ3) is 26.0. The molecule has 8 atom stereocenters. The van der Waals surface area contributed by atoms with Crippen LogP contribution in [0.1, 0.15) is 174 Å². The Morgan fingerprint density at radius 2 is 1.10 bits per heavy atom. The molecule has 9 N–H and O–H groups in total. The molecule has 1 rings (SSSR count). The summed E-state index contributed by atoms with van der Waals surface area (Å²) in [7, 11) is -5.13. The molecule has 0 aliphatic heterocycles. The second-order valence-electron chi connectivity index (χ2n) is 16.1. The lowest BCUT2D eigenvalue weighted by atomic mass is 9.85. The SMILES string of the molecule is CC/C=C\C/C=C\CCCCCCCCCCCCCCC(O)CC(=O)NC(COP(=O)(O)OC1C(O)C(O)C(O)C(O)C1O)C(O)/C=C/CCCCCCCCC. The Bertz CT molecular complexity index is 1140.